The van der Waals surface area contributed by atoms with E-state index < -0.39 is 0 Å². The van der Waals surface area contributed by atoms with E-state index in [1.807, 2.05) is 0 Å². The SMILES string of the molecule is C=C(C)C(CC)C(=C)C(CCC(C)C)C(C)C. The van der Waals surface area contributed by atoms with Crippen LogP contribution in [0, 0.1) is 23.7 Å². The minimum atomic E-state index is 0.509. The highest BCUT2D eigenvalue weighted by Gasteiger charge is 2.23. The van der Waals surface area contributed by atoms with E-state index in [4.69, 9.17) is 0 Å². The predicted molar refractivity (Wildman–Crippen MR) is 80.1 cm³/mol. The van der Waals surface area contributed by atoms with Crippen molar-refractivity contribution in [2.45, 2.75) is 60.8 Å². The maximum absolute atomic E-state index is 4.39. The van der Waals surface area contributed by atoms with Gasteiger partial charge in [0.2, 0.25) is 0 Å². The van der Waals surface area contributed by atoms with Crippen LogP contribution < -0.4 is 0 Å². The molecule has 0 aliphatic rings. The van der Waals surface area contributed by atoms with E-state index in [0.29, 0.717) is 17.8 Å². The van der Waals surface area contributed by atoms with Crippen molar-refractivity contribution in [3.63, 3.8) is 0 Å². The van der Waals surface area contributed by atoms with Gasteiger partial charge in [-0.15, -0.1) is 0 Å². The first kappa shape index (κ1) is 16.5. The third kappa shape index (κ3) is 5.57. The summed E-state index contributed by atoms with van der Waals surface area (Å²) in [6.45, 7) is 22.1. The zero-order valence-electron chi connectivity index (χ0n) is 12.8. The van der Waals surface area contributed by atoms with Crippen LogP contribution >= 0.6 is 0 Å². The van der Waals surface area contributed by atoms with Crippen LogP contribution in [0.4, 0.5) is 0 Å². The summed E-state index contributed by atoms with van der Waals surface area (Å²) in [5.74, 6) is 2.64. The summed E-state index contributed by atoms with van der Waals surface area (Å²) < 4.78 is 0. The van der Waals surface area contributed by atoms with Gasteiger partial charge in [-0.05, 0) is 43.4 Å². The fourth-order valence-corrected chi connectivity index (χ4v) is 2.65. The highest BCUT2D eigenvalue weighted by Crippen LogP contribution is 2.34. The molecule has 0 aromatic rings. The van der Waals surface area contributed by atoms with Crippen molar-refractivity contribution < 1.29 is 0 Å². The van der Waals surface area contributed by atoms with Crippen LogP contribution in [0.15, 0.2) is 24.3 Å². The molecular weight excluding hydrogens is 204 g/mol. The van der Waals surface area contributed by atoms with Crippen molar-refractivity contribution in [1.82, 2.24) is 0 Å². The first-order valence-corrected chi connectivity index (χ1v) is 7.15. The summed E-state index contributed by atoms with van der Waals surface area (Å²) in [6.07, 6.45) is 3.71. The van der Waals surface area contributed by atoms with Gasteiger partial charge in [0.15, 0.2) is 0 Å². The van der Waals surface area contributed by atoms with Crippen LogP contribution in [0.3, 0.4) is 0 Å². The fraction of sp³-hybridized carbons (Fsp3) is 0.765. The third-order valence-electron chi connectivity index (χ3n) is 3.79. The number of hydrogen-bond donors (Lipinski definition) is 0. The van der Waals surface area contributed by atoms with Gasteiger partial charge in [-0.1, -0.05) is 65.3 Å². The van der Waals surface area contributed by atoms with E-state index in [0.717, 1.165) is 12.3 Å². The van der Waals surface area contributed by atoms with Crippen molar-refractivity contribution in [2.75, 3.05) is 0 Å². The summed E-state index contributed by atoms with van der Waals surface area (Å²) >= 11 is 0. The molecule has 17 heavy (non-hydrogen) atoms. The monoisotopic (exact) mass is 236 g/mol. The van der Waals surface area contributed by atoms with Gasteiger partial charge in [0.1, 0.15) is 0 Å². The van der Waals surface area contributed by atoms with E-state index in [-0.39, 0.29) is 0 Å². The van der Waals surface area contributed by atoms with E-state index in [1.54, 1.807) is 0 Å². The van der Waals surface area contributed by atoms with Crippen LogP contribution in [0.1, 0.15) is 60.8 Å². The van der Waals surface area contributed by atoms with E-state index in [2.05, 4.69) is 54.7 Å². The van der Waals surface area contributed by atoms with Crippen LogP contribution in [0.25, 0.3) is 0 Å². The van der Waals surface area contributed by atoms with Crippen LogP contribution in [-0.2, 0) is 0 Å². The van der Waals surface area contributed by atoms with Crippen molar-refractivity contribution in [1.29, 1.82) is 0 Å². The number of rotatable bonds is 8. The Morgan fingerprint density at radius 2 is 1.53 bits per heavy atom. The Bertz CT molecular complexity index is 245. The molecule has 2 atom stereocenters. The molecule has 2 unspecified atom stereocenters. The summed E-state index contributed by atoms with van der Waals surface area (Å²) in [5.41, 5.74) is 2.68. The van der Waals surface area contributed by atoms with Crippen molar-refractivity contribution in [3.8, 4) is 0 Å². The minimum absolute atomic E-state index is 0.509. The Balaban J connectivity index is 4.69. The molecule has 0 saturated heterocycles. The molecule has 0 nitrogen and oxygen atoms in total. The molecule has 100 valence electrons. The van der Waals surface area contributed by atoms with Gasteiger partial charge in [0.25, 0.3) is 0 Å². The summed E-state index contributed by atoms with van der Waals surface area (Å²) in [7, 11) is 0. The largest absolute Gasteiger partial charge is 0.0995 e. The van der Waals surface area contributed by atoms with Crippen LogP contribution in [0.2, 0.25) is 0 Å². The van der Waals surface area contributed by atoms with Crippen molar-refractivity contribution in [2.24, 2.45) is 23.7 Å². The van der Waals surface area contributed by atoms with Gasteiger partial charge in [0.05, 0.1) is 0 Å². The molecule has 0 heteroatoms. The Morgan fingerprint density at radius 1 is 1.00 bits per heavy atom. The first-order chi connectivity index (χ1) is 7.81. The molecule has 0 N–H and O–H groups in total. The Hall–Kier alpha value is -0.520. The van der Waals surface area contributed by atoms with E-state index >= 15 is 0 Å². The summed E-state index contributed by atoms with van der Waals surface area (Å²) in [4.78, 5) is 0. The third-order valence-corrected chi connectivity index (χ3v) is 3.79. The molecule has 0 fully saturated rings. The molecule has 0 aromatic carbocycles. The zero-order chi connectivity index (χ0) is 13.6. The molecule has 0 spiro atoms. The Kier molecular flexibility index (Phi) is 7.50. The lowest BCUT2D eigenvalue weighted by molar-refractivity contribution is 0.354. The van der Waals surface area contributed by atoms with Crippen LogP contribution in [0.5, 0.6) is 0 Å². The molecule has 0 heterocycles. The van der Waals surface area contributed by atoms with Gasteiger partial charge in [0, 0.05) is 0 Å². The molecule has 0 amide bonds. The minimum Gasteiger partial charge on any atom is -0.0995 e. The predicted octanol–water partition coefficient (Wildman–Crippen LogP) is 5.85. The maximum atomic E-state index is 4.39. The van der Waals surface area contributed by atoms with Gasteiger partial charge in [-0.2, -0.15) is 0 Å². The average molecular weight is 236 g/mol. The van der Waals surface area contributed by atoms with Crippen molar-refractivity contribution >= 4 is 0 Å². The van der Waals surface area contributed by atoms with Gasteiger partial charge < -0.3 is 0 Å². The van der Waals surface area contributed by atoms with Gasteiger partial charge in [-0.3, -0.25) is 0 Å². The molecule has 0 radical (unpaired) electrons. The molecule has 0 aliphatic heterocycles. The van der Waals surface area contributed by atoms with E-state index in [9.17, 15) is 0 Å². The second-order valence-corrected chi connectivity index (χ2v) is 6.20. The molecular formula is C17H32. The first-order valence-electron chi connectivity index (χ1n) is 7.15. The lowest BCUT2D eigenvalue weighted by Crippen LogP contribution is -2.18. The zero-order valence-corrected chi connectivity index (χ0v) is 12.8. The number of hydrogen-bond acceptors (Lipinski definition) is 0. The molecule has 0 saturated carbocycles. The second-order valence-electron chi connectivity index (χ2n) is 6.20. The van der Waals surface area contributed by atoms with Crippen molar-refractivity contribution in [3.05, 3.63) is 24.3 Å². The highest BCUT2D eigenvalue weighted by atomic mass is 14.3. The normalized spacial score (nSPS) is 15.1. The Labute approximate surface area is 109 Å². The molecule has 0 rings (SSSR count). The number of allylic oxidation sites excluding steroid dienone is 2. The summed E-state index contributed by atoms with van der Waals surface area (Å²) in [6, 6.07) is 0. The summed E-state index contributed by atoms with van der Waals surface area (Å²) in [5, 5.41) is 0. The topological polar surface area (TPSA) is 0 Å². The maximum Gasteiger partial charge on any atom is -0.0000971 e. The lowest BCUT2D eigenvalue weighted by atomic mass is 9.76. The molecule has 0 aliphatic carbocycles. The lowest BCUT2D eigenvalue weighted by Gasteiger charge is -2.30. The Morgan fingerprint density at radius 3 is 1.82 bits per heavy atom. The molecule has 0 bridgehead atoms. The average Bonchev–Trinajstić information content (AvgIpc) is 2.17. The fourth-order valence-electron chi connectivity index (χ4n) is 2.65. The van der Waals surface area contributed by atoms with Gasteiger partial charge >= 0.3 is 0 Å². The highest BCUT2D eigenvalue weighted by molar-refractivity contribution is 5.17. The quantitative estimate of drug-likeness (QED) is 0.463. The molecule has 0 aromatic heterocycles. The van der Waals surface area contributed by atoms with E-state index in [1.165, 1.54) is 24.0 Å². The smallest absolute Gasteiger partial charge is 0.0000971 e. The van der Waals surface area contributed by atoms with Crippen LogP contribution in [-0.4, -0.2) is 0 Å². The van der Waals surface area contributed by atoms with Gasteiger partial charge in [-0.25, -0.2) is 0 Å². The second kappa shape index (κ2) is 7.74. The standard InChI is InChI=1S/C17H32/c1-9-16(13(4)5)15(8)17(14(6)7)11-10-12(2)3/h12,14,16-17H,4,8-11H2,1-3,5-7H3.